The maximum absolute atomic E-state index is 6.17. The van der Waals surface area contributed by atoms with E-state index in [0.717, 1.165) is 48.6 Å². The standard InChI is InChI=1S/C18H26ClN7O.HI/c1-12-23-24-17(25(12)3)10-21-18(20-2)22-14-7-8-26(11-14)15-9-13(19)5-6-16(15)27-4;/h5-6,9,14H,7-8,10-11H2,1-4H3,(H2,20,21,22);1H. The fourth-order valence-electron chi connectivity index (χ4n) is 3.16. The molecule has 0 amide bonds. The molecule has 1 aliphatic heterocycles. The third-order valence-corrected chi connectivity index (χ3v) is 5.07. The van der Waals surface area contributed by atoms with Crippen molar-refractivity contribution in [2.45, 2.75) is 25.9 Å². The molecule has 8 nitrogen and oxygen atoms in total. The van der Waals surface area contributed by atoms with Crippen molar-refractivity contribution < 1.29 is 4.74 Å². The largest absolute Gasteiger partial charge is 0.495 e. The smallest absolute Gasteiger partial charge is 0.191 e. The summed E-state index contributed by atoms with van der Waals surface area (Å²) in [5.74, 6) is 3.34. The van der Waals surface area contributed by atoms with Gasteiger partial charge in [-0.3, -0.25) is 4.99 Å². The minimum Gasteiger partial charge on any atom is -0.495 e. The van der Waals surface area contributed by atoms with E-state index in [-0.39, 0.29) is 30.0 Å². The van der Waals surface area contributed by atoms with E-state index in [1.807, 2.05) is 36.7 Å². The number of anilines is 1. The van der Waals surface area contributed by atoms with Crippen molar-refractivity contribution in [1.82, 2.24) is 25.4 Å². The highest BCUT2D eigenvalue weighted by Gasteiger charge is 2.25. The number of nitrogens with one attached hydrogen (secondary N) is 2. The van der Waals surface area contributed by atoms with Gasteiger partial charge in [-0.25, -0.2) is 0 Å². The van der Waals surface area contributed by atoms with Gasteiger partial charge in [0.15, 0.2) is 11.8 Å². The van der Waals surface area contributed by atoms with Gasteiger partial charge in [0.1, 0.15) is 11.6 Å². The Bertz CT molecular complexity index is 826. The topological polar surface area (TPSA) is 79.6 Å². The second kappa shape index (κ2) is 10.1. The molecule has 2 N–H and O–H groups in total. The number of aliphatic imine (C=N–C) groups is 1. The van der Waals surface area contributed by atoms with Gasteiger partial charge in [-0.05, 0) is 31.5 Å². The summed E-state index contributed by atoms with van der Waals surface area (Å²) in [6.07, 6.45) is 0.999. The molecule has 2 aromatic rings. The predicted octanol–water partition coefficient (Wildman–Crippen LogP) is 2.35. The average Bonchev–Trinajstić information content (AvgIpc) is 3.26. The molecule has 154 valence electrons. The summed E-state index contributed by atoms with van der Waals surface area (Å²) in [6.45, 7) is 4.27. The number of hydrogen-bond donors (Lipinski definition) is 2. The van der Waals surface area contributed by atoms with Gasteiger partial charge >= 0.3 is 0 Å². The second-order valence-corrected chi connectivity index (χ2v) is 6.98. The van der Waals surface area contributed by atoms with Crippen LogP contribution in [0.1, 0.15) is 18.1 Å². The molecular weight excluding hydrogens is 493 g/mol. The quantitative estimate of drug-likeness (QED) is 0.359. The van der Waals surface area contributed by atoms with Crippen LogP contribution in [0.25, 0.3) is 0 Å². The molecule has 1 fully saturated rings. The fraction of sp³-hybridized carbons (Fsp3) is 0.500. The minimum absolute atomic E-state index is 0. The number of ether oxygens (including phenoxy) is 1. The highest BCUT2D eigenvalue weighted by molar-refractivity contribution is 14.0. The van der Waals surface area contributed by atoms with Crippen LogP contribution >= 0.6 is 35.6 Å². The first-order valence-electron chi connectivity index (χ1n) is 8.92. The highest BCUT2D eigenvalue weighted by Crippen LogP contribution is 2.33. The zero-order valence-corrected chi connectivity index (χ0v) is 19.7. The summed E-state index contributed by atoms with van der Waals surface area (Å²) in [6, 6.07) is 5.98. The Kier molecular flexibility index (Phi) is 8.17. The summed E-state index contributed by atoms with van der Waals surface area (Å²) in [4.78, 5) is 6.60. The van der Waals surface area contributed by atoms with Crippen LogP contribution in [-0.2, 0) is 13.6 Å². The van der Waals surface area contributed by atoms with E-state index in [9.17, 15) is 0 Å². The van der Waals surface area contributed by atoms with E-state index < -0.39 is 0 Å². The lowest BCUT2D eigenvalue weighted by Gasteiger charge is -2.22. The molecule has 0 aliphatic carbocycles. The summed E-state index contributed by atoms with van der Waals surface area (Å²) >= 11 is 6.17. The van der Waals surface area contributed by atoms with Crippen LogP contribution in [0, 0.1) is 6.92 Å². The van der Waals surface area contributed by atoms with Crippen molar-refractivity contribution in [3.8, 4) is 5.75 Å². The maximum Gasteiger partial charge on any atom is 0.191 e. The zero-order chi connectivity index (χ0) is 19.4. The molecule has 1 aromatic carbocycles. The number of nitrogens with zero attached hydrogens (tertiary/aromatic N) is 5. The van der Waals surface area contributed by atoms with E-state index in [4.69, 9.17) is 16.3 Å². The lowest BCUT2D eigenvalue weighted by atomic mass is 10.2. The first-order valence-corrected chi connectivity index (χ1v) is 9.30. The zero-order valence-electron chi connectivity index (χ0n) is 16.6. The Labute approximate surface area is 187 Å². The summed E-state index contributed by atoms with van der Waals surface area (Å²) in [5, 5.41) is 15.7. The summed E-state index contributed by atoms with van der Waals surface area (Å²) in [5.41, 5.74) is 1.02. The lowest BCUT2D eigenvalue weighted by molar-refractivity contribution is 0.415. The van der Waals surface area contributed by atoms with Gasteiger partial charge in [0, 0.05) is 38.2 Å². The normalized spacial score (nSPS) is 16.7. The molecule has 0 radical (unpaired) electrons. The van der Waals surface area contributed by atoms with Crippen molar-refractivity contribution in [1.29, 1.82) is 0 Å². The molecule has 10 heteroatoms. The lowest BCUT2D eigenvalue weighted by Crippen LogP contribution is -2.44. The number of guanidine groups is 1. The molecule has 0 bridgehead atoms. The first-order chi connectivity index (χ1) is 13.0. The van der Waals surface area contributed by atoms with Crippen LogP contribution in [0.15, 0.2) is 23.2 Å². The van der Waals surface area contributed by atoms with Crippen molar-refractivity contribution >= 4 is 47.2 Å². The number of methoxy groups -OCH3 is 1. The summed E-state index contributed by atoms with van der Waals surface area (Å²) < 4.78 is 7.44. The number of rotatable bonds is 5. The van der Waals surface area contributed by atoms with E-state index in [1.165, 1.54) is 0 Å². The van der Waals surface area contributed by atoms with Gasteiger partial charge in [-0.1, -0.05) is 11.6 Å². The molecule has 2 heterocycles. The third-order valence-electron chi connectivity index (χ3n) is 4.83. The molecule has 0 spiro atoms. The number of benzene rings is 1. The van der Waals surface area contributed by atoms with Gasteiger partial charge < -0.3 is 24.8 Å². The average molecular weight is 520 g/mol. The van der Waals surface area contributed by atoms with Crippen molar-refractivity contribution in [3.63, 3.8) is 0 Å². The van der Waals surface area contributed by atoms with Crippen molar-refractivity contribution in [2.24, 2.45) is 12.0 Å². The monoisotopic (exact) mass is 519 g/mol. The number of aromatic nitrogens is 3. The van der Waals surface area contributed by atoms with E-state index in [2.05, 4.69) is 30.7 Å². The Morgan fingerprint density at radius 1 is 1.39 bits per heavy atom. The molecule has 0 saturated carbocycles. The SMILES string of the molecule is CN=C(NCc1nnc(C)n1C)NC1CCN(c2cc(Cl)ccc2OC)C1.I. The molecule has 3 rings (SSSR count). The summed E-state index contributed by atoms with van der Waals surface area (Å²) in [7, 11) is 5.40. The molecule has 1 saturated heterocycles. The van der Waals surface area contributed by atoms with Crippen LogP contribution < -0.4 is 20.3 Å². The van der Waals surface area contributed by atoms with Gasteiger partial charge in [-0.2, -0.15) is 0 Å². The Morgan fingerprint density at radius 3 is 2.82 bits per heavy atom. The van der Waals surface area contributed by atoms with Crippen LogP contribution in [0.5, 0.6) is 5.75 Å². The van der Waals surface area contributed by atoms with Crippen LogP contribution in [0.3, 0.4) is 0 Å². The van der Waals surface area contributed by atoms with Crippen molar-refractivity contribution in [2.75, 3.05) is 32.1 Å². The molecule has 1 aromatic heterocycles. The second-order valence-electron chi connectivity index (χ2n) is 6.54. The van der Waals surface area contributed by atoms with Gasteiger partial charge in [0.05, 0.1) is 19.3 Å². The maximum atomic E-state index is 6.17. The Hall–Kier alpha value is -1.75. The van der Waals surface area contributed by atoms with Crippen LogP contribution in [-0.4, -0.2) is 54.0 Å². The van der Waals surface area contributed by atoms with E-state index >= 15 is 0 Å². The van der Waals surface area contributed by atoms with Gasteiger partial charge in [-0.15, -0.1) is 34.2 Å². The number of halogens is 2. The van der Waals surface area contributed by atoms with E-state index in [0.29, 0.717) is 11.6 Å². The molecule has 1 atom stereocenters. The van der Waals surface area contributed by atoms with Gasteiger partial charge in [0.25, 0.3) is 0 Å². The molecule has 1 aliphatic rings. The number of hydrogen-bond acceptors (Lipinski definition) is 5. The fourth-order valence-corrected chi connectivity index (χ4v) is 3.33. The Morgan fingerprint density at radius 2 is 2.18 bits per heavy atom. The Balaban J connectivity index is 0.00000280. The molecule has 28 heavy (non-hydrogen) atoms. The molecule has 1 unspecified atom stereocenters. The highest BCUT2D eigenvalue weighted by atomic mass is 127. The number of aryl methyl sites for hydroxylation is 1. The minimum atomic E-state index is 0. The van der Waals surface area contributed by atoms with Crippen LogP contribution in [0.4, 0.5) is 5.69 Å². The van der Waals surface area contributed by atoms with Crippen LogP contribution in [0.2, 0.25) is 5.02 Å². The van der Waals surface area contributed by atoms with E-state index in [1.54, 1.807) is 14.2 Å². The predicted molar refractivity (Wildman–Crippen MR) is 123 cm³/mol. The molecular formula is C18H27ClIN7O. The first kappa shape index (κ1) is 22.5. The van der Waals surface area contributed by atoms with Gasteiger partial charge in [0.2, 0.25) is 0 Å². The third kappa shape index (κ3) is 5.19. The van der Waals surface area contributed by atoms with Crippen molar-refractivity contribution in [3.05, 3.63) is 34.9 Å².